The zero-order chi connectivity index (χ0) is 14.8. The van der Waals surface area contributed by atoms with Gasteiger partial charge in [-0.05, 0) is 5.92 Å². The monoisotopic (exact) mass is 272 g/mol. The highest BCUT2D eigenvalue weighted by Crippen LogP contribution is 2.03. The van der Waals surface area contributed by atoms with Crippen LogP contribution in [0.1, 0.15) is 40.5 Å². The van der Waals surface area contributed by atoms with E-state index in [1.54, 1.807) is 4.90 Å². The van der Waals surface area contributed by atoms with Crippen LogP contribution in [-0.4, -0.2) is 49.6 Å². The molecule has 0 spiro atoms. The summed E-state index contributed by atoms with van der Waals surface area (Å²) in [5.41, 5.74) is 0. The second-order valence-electron chi connectivity index (χ2n) is 5.42. The number of ether oxygens (including phenoxy) is 1. The van der Waals surface area contributed by atoms with Crippen molar-refractivity contribution in [3.05, 3.63) is 0 Å². The van der Waals surface area contributed by atoms with Gasteiger partial charge in [-0.25, -0.2) is 0 Å². The highest BCUT2D eigenvalue weighted by molar-refractivity contribution is 5.77. The van der Waals surface area contributed by atoms with Gasteiger partial charge >= 0.3 is 5.97 Å². The normalized spacial score (nSPS) is 10.9. The van der Waals surface area contributed by atoms with Gasteiger partial charge in [-0.2, -0.15) is 0 Å². The zero-order valence-electron chi connectivity index (χ0n) is 12.9. The molecule has 19 heavy (non-hydrogen) atoms. The van der Waals surface area contributed by atoms with Gasteiger partial charge in [0.1, 0.15) is 0 Å². The summed E-state index contributed by atoms with van der Waals surface area (Å²) < 4.78 is 4.61. The molecule has 5 heteroatoms. The van der Waals surface area contributed by atoms with Gasteiger partial charge in [0.15, 0.2) is 0 Å². The third kappa shape index (κ3) is 9.47. The van der Waals surface area contributed by atoms with Crippen LogP contribution in [0.25, 0.3) is 0 Å². The molecule has 0 saturated carbocycles. The van der Waals surface area contributed by atoms with Crippen molar-refractivity contribution in [3.8, 4) is 0 Å². The van der Waals surface area contributed by atoms with Gasteiger partial charge in [-0.1, -0.05) is 27.7 Å². The van der Waals surface area contributed by atoms with E-state index in [2.05, 4.69) is 23.9 Å². The largest absolute Gasteiger partial charge is 0.469 e. The van der Waals surface area contributed by atoms with Crippen LogP contribution in [0.15, 0.2) is 0 Å². The molecule has 0 bridgehead atoms. The highest BCUT2D eigenvalue weighted by atomic mass is 16.5. The van der Waals surface area contributed by atoms with Crippen molar-refractivity contribution in [2.75, 3.05) is 26.7 Å². The first-order valence-corrected chi connectivity index (χ1v) is 6.94. The standard InChI is InChI=1S/C14H28N2O3/c1-11(2)10-16(9-7-14(18)19-5)13(17)6-8-15-12(3)4/h11-12,15H,6-10H2,1-5H3. The Bertz CT molecular complexity index is 278. The molecule has 1 amide bonds. The molecule has 0 aromatic carbocycles. The third-order valence-corrected chi connectivity index (χ3v) is 2.64. The summed E-state index contributed by atoms with van der Waals surface area (Å²) in [7, 11) is 1.36. The predicted molar refractivity (Wildman–Crippen MR) is 75.8 cm³/mol. The summed E-state index contributed by atoms with van der Waals surface area (Å²) in [5, 5.41) is 3.22. The summed E-state index contributed by atoms with van der Waals surface area (Å²) in [6, 6.07) is 0.376. The molecule has 0 heterocycles. The van der Waals surface area contributed by atoms with E-state index in [-0.39, 0.29) is 18.3 Å². The van der Waals surface area contributed by atoms with E-state index in [4.69, 9.17) is 0 Å². The molecule has 1 N–H and O–H groups in total. The molecule has 5 nitrogen and oxygen atoms in total. The Morgan fingerprint density at radius 1 is 1.16 bits per heavy atom. The van der Waals surface area contributed by atoms with Crippen molar-refractivity contribution in [1.29, 1.82) is 0 Å². The Morgan fingerprint density at radius 3 is 2.26 bits per heavy atom. The number of nitrogens with zero attached hydrogens (tertiary/aromatic N) is 1. The number of hydrogen-bond donors (Lipinski definition) is 1. The quantitative estimate of drug-likeness (QED) is 0.645. The first-order chi connectivity index (χ1) is 8.86. The van der Waals surface area contributed by atoms with Crippen LogP contribution in [0.4, 0.5) is 0 Å². The van der Waals surface area contributed by atoms with Gasteiger partial charge in [-0.3, -0.25) is 9.59 Å². The van der Waals surface area contributed by atoms with Crippen molar-refractivity contribution in [2.24, 2.45) is 5.92 Å². The van der Waals surface area contributed by atoms with E-state index in [9.17, 15) is 9.59 Å². The van der Waals surface area contributed by atoms with Crippen molar-refractivity contribution in [2.45, 2.75) is 46.6 Å². The minimum atomic E-state index is -0.276. The Balaban J connectivity index is 4.23. The summed E-state index contributed by atoms with van der Waals surface area (Å²) in [4.78, 5) is 25.0. The van der Waals surface area contributed by atoms with E-state index in [1.165, 1.54) is 7.11 Å². The smallest absolute Gasteiger partial charge is 0.307 e. The van der Waals surface area contributed by atoms with Crippen LogP contribution in [0.2, 0.25) is 0 Å². The van der Waals surface area contributed by atoms with E-state index < -0.39 is 0 Å². The van der Waals surface area contributed by atoms with E-state index in [1.807, 2.05) is 13.8 Å². The van der Waals surface area contributed by atoms with Crippen LogP contribution < -0.4 is 5.32 Å². The lowest BCUT2D eigenvalue weighted by Gasteiger charge is -2.24. The molecular weight excluding hydrogens is 244 g/mol. The SMILES string of the molecule is COC(=O)CCN(CC(C)C)C(=O)CCNC(C)C. The molecule has 0 rings (SSSR count). The van der Waals surface area contributed by atoms with E-state index in [0.717, 1.165) is 0 Å². The van der Waals surface area contributed by atoms with Crippen molar-refractivity contribution >= 4 is 11.9 Å². The van der Waals surface area contributed by atoms with E-state index >= 15 is 0 Å². The minimum absolute atomic E-state index is 0.0887. The number of carbonyl (C=O) groups excluding carboxylic acids is 2. The van der Waals surface area contributed by atoms with Crippen LogP contribution in [0.5, 0.6) is 0 Å². The van der Waals surface area contributed by atoms with Crippen LogP contribution in [0.3, 0.4) is 0 Å². The fourth-order valence-corrected chi connectivity index (χ4v) is 1.71. The third-order valence-electron chi connectivity index (χ3n) is 2.64. The van der Waals surface area contributed by atoms with Crippen molar-refractivity contribution < 1.29 is 14.3 Å². The second kappa shape index (κ2) is 9.78. The highest BCUT2D eigenvalue weighted by Gasteiger charge is 2.16. The first kappa shape index (κ1) is 17.9. The summed E-state index contributed by atoms with van der Waals surface area (Å²) in [5.74, 6) is 0.201. The maximum absolute atomic E-state index is 12.1. The van der Waals surface area contributed by atoms with Crippen molar-refractivity contribution in [3.63, 3.8) is 0 Å². The fraction of sp³-hybridized carbons (Fsp3) is 0.857. The molecule has 0 aliphatic carbocycles. The lowest BCUT2D eigenvalue weighted by Crippen LogP contribution is -2.38. The number of esters is 1. The number of hydrogen-bond acceptors (Lipinski definition) is 4. The fourth-order valence-electron chi connectivity index (χ4n) is 1.71. The van der Waals surface area contributed by atoms with Gasteiger partial charge < -0.3 is 15.0 Å². The van der Waals surface area contributed by atoms with Gasteiger partial charge in [0.05, 0.1) is 13.5 Å². The van der Waals surface area contributed by atoms with Gasteiger partial charge in [0.25, 0.3) is 0 Å². The first-order valence-electron chi connectivity index (χ1n) is 6.94. The Hall–Kier alpha value is -1.10. The molecular formula is C14H28N2O3. The Morgan fingerprint density at radius 2 is 1.79 bits per heavy atom. The number of rotatable bonds is 9. The average Bonchev–Trinajstić information content (AvgIpc) is 2.32. The number of methoxy groups -OCH3 is 1. The number of nitrogens with one attached hydrogen (secondary N) is 1. The average molecular weight is 272 g/mol. The molecule has 0 aliphatic heterocycles. The summed E-state index contributed by atoms with van der Waals surface area (Å²) in [6.07, 6.45) is 0.721. The van der Waals surface area contributed by atoms with Gasteiger partial charge in [0.2, 0.25) is 5.91 Å². The Labute approximate surface area is 116 Å². The lowest BCUT2D eigenvalue weighted by atomic mass is 10.2. The maximum atomic E-state index is 12.1. The molecule has 112 valence electrons. The molecule has 0 fully saturated rings. The molecule has 0 aromatic rings. The molecule has 0 saturated heterocycles. The molecule has 0 atom stereocenters. The topological polar surface area (TPSA) is 58.6 Å². The van der Waals surface area contributed by atoms with Crippen LogP contribution in [0, 0.1) is 5.92 Å². The lowest BCUT2D eigenvalue weighted by molar-refractivity contribution is -0.141. The van der Waals surface area contributed by atoms with E-state index in [0.29, 0.717) is 38.0 Å². The molecule has 0 aromatic heterocycles. The zero-order valence-corrected chi connectivity index (χ0v) is 12.9. The Kier molecular flexibility index (Phi) is 9.21. The second-order valence-corrected chi connectivity index (χ2v) is 5.42. The predicted octanol–water partition coefficient (Wildman–Crippen LogP) is 1.42. The van der Waals surface area contributed by atoms with Gasteiger partial charge in [-0.15, -0.1) is 0 Å². The molecule has 0 unspecified atom stereocenters. The molecule has 0 aliphatic rings. The molecule has 0 radical (unpaired) electrons. The number of amides is 1. The van der Waals surface area contributed by atoms with Crippen LogP contribution >= 0.6 is 0 Å². The van der Waals surface area contributed by atoms with Crippen molar-refractivity contribution in [1.82, 2.24) is 10.2 Å². The number of carbonyl (C=O) groups is 2. The maximum Gasteiger partial charge on any atom is 0.307 e. The summed E-state index contributed by atoms with van der Waals surface area (Å²) >= 11 is 0. The minimum Gasteiger partial charge on any atom is -0.469 e. The summed E-state index contributed by atoms with van der Waals surface area (Å²) in [6.45, 7) is 10.0. The van der Waals surface area contributed by atoms with Crippen LogP contribution in [-0.2, 0) is 14.3 Å². The van der Waals surface area contributed by atoms with Gasteiger partial charge in [0, 0.05) is 32.1 Å².